The van der Waals surface area contributed by atoms with Gasteiger partial charge in [-0.15, -0.1) is 0 Å². The molecule has 1 aliphatic carbocycles. The number of furan rings is 1. The molecule has 10 heteroatoms. The molecule has 10 nitrogen and oxygen atoms in total. The number of nitro groups is 2. The molecule has 1 saturated carbocycles. The lowest BCUT2D eigenvalue weighted by Crippen LogP contribution is -2.20. The van der Waals surface area contributed by atoms with Crippen LogP contribution in [0.4, 0.5) is 11.4 Å². The van der Waals surface area contributed by atoms with Gasteiger partial charge in [-0.25, -0.2) is 4.79 Å². The highest BCUT2D eigenvalue weighted by molar-refractivity contribution is 6.08. The van der Waals surface area contributed by atoms with E-state index in [9.17, 15) is 25.0 Å². The molecule has 1 atom stereocenters. The van der Waals surface area contributed by atoms with Crippen LogP contribution >= 0.6 is 0 Å². The Balaban J connectivity index is 1.44. The summed E-state index contributed by atoms with van der Waals surface area (Å²) in [7, 11) is 0. The Hall–Kier alpha value is -4.60. The van der Waals surface area contributed by atoms with E-state index in [2.05, 4.69) is 5.16 Å². The Morgan fingerprint density at radius 1 is 0.971 bits per heavy atom. The van der Waals surface area contributed by atoms with E-state index in [-0.39, 0.29) is 17.1 Å². The van der Waals surface area contributed by atoms with Crippen LogP contribution < -0.4 is 0 Å². The number of nitro benzene ring substituents is 2. The van der Waals surface area contributed by atoms with Gasteiger partial charge in [-0.1, -0.05) is 41.9 Å². The fraction of sp³-hybridized carbons (Fsp3) is 0.200. The highest BCUT2D eigenvalue weighted by Gasteiger charge is 2.31. The molecule has 4 aromatic rings. The monoisotopic (exact) mass is 473 g/mol. The second kappa shape index (κ2) is 8.98. The van der Waals surface area contributed by atoms with Crippen LogP contribution in [0.25, 0.3) is 21.7 Å². The number of fused-ring (bicyclic) bond motifs is 3. The number of rotatable bonds is 5. The van der Waals surface area contributed by atoms with E-state index >= 15 is 0 Å². The summed E-state index contributed by atoms with van der Waals surface area (Å²) in [4.78, 5) is 39.3. The quantitative estimate of drug-likeness (QED) is 0.189. The normalized spacial score (nSPS) is 17.0. The van der Waals surface area contributed by atoms with E-state index in [0.29, 0.717) is 29.7 Å². The fourth-order valence-electron chi connectivity index (χ4n) is 4.58. The summed E-state index contributed by atoms with van der Waals surface area (Å²) in [6.07, 6.45) is 2.61. The molecule has 1 fully saturated rings. The van der Waals surface area contributed by atoms with Gasteiger partial charge in [0.25, 0.3) is 11.4 Å². The first-order valence-corrected chi connectivity index (χ1v) is 11.0. The molecule has 0 aliphatic heterocycles. The summed E-state index contributed by atoms with van der Waals surface area (Å²) in [6.45, 7) is 0. The van der Waals surface area contributed by atoms with Gasteiger partial charge in [0.2, 0.25) is 5.76 Å². The lowest BCUT2D eigenvalue weighted by molar-refractivity contribution is -0.394. The van der Waals surface area contributed by atoms with E-state index in [1.54, 1.807) is 12.1 Å². The van der Waals surface area contributed by atoms with Gasteiger partial charge in [-0.05, 0) is 42.2 Å². The predicted octanol–water partition coefficient (Wildman–Crippen LogP) is 6.27. The minimum atomic E-state index is -0.777. The molecule has 5 rings (SSSR count). The standard InChI is InChI=1S/C25H19N3O7/c29-25(24-14-20-17-6-2-1-5-15(17)9-12-23(20)34-24)35-26-21-8-4-3-7-18(21)19-11-10-16(27(30)31)13-22(19)28(32)33/h1-2,5-6,9-14,18H,3-4,7-8H2. The summed E-state index contributed by atoms with van der Waals surface area (Å²) in [6, 6.07) is 16.6. The Labute approximate surface area is 198 Å². The van der Waals surface area contributed by atoms with Crippen LogP contribution in [0.5, 0.6) is 0 Å². The molecule has 0 saturated heterocycles. The number of benzene rings is 3. The molecule has 0 radical (unpaired) electrons. The minimum absolute atomic E-state index is 0.00520. The third-order valence-electron chi connectivity index (χ3n) is 6.25. The maximum absolute atomic E-state index is 12.7. The number of hydrogen-bond acceptors (Lipinski definition) is 8. The van der Waals surface area contributed by atoms with Gasteiger partial charge < -0.3 is 9.25 Å². The maximum atomic E-state index is 12.7. The summed E-state index contributed by atoms with van der Waals surface area (Å²) < 4.78 is 5.68. The number of nitrogens with zero attached hydrogens (tertiary/aromatic N) is 3. The first-order chi connectivity index (χ1) is 16.9. The van der Waals surface area contributed by atoms with Gasteiger partial charge in [0.05, 0.1) is 21.6 Å². The topological polar surface area (TPSA) is 138 Å². The molecule has 176 valence electrons. The molecular weight excluding hydrogens is 454 g/mol. The molecule has 1 aliphatic rings. The minimum Gasteiger partial charge on any atom is -0.449 e. The molecule has 1 aromatic heterocycles. The number of carbonyl (C=O) groups is 1. The summed E-state index contributed by atoms with van der Waals surface area (Å²) >= 11 is 0. The van der Waals surface area contributed by atoms with Crippen molar-refractivity contribution in [2.75, 3.05) is 0 Å². The van der Waals surface area contributed by atoms with Crippen LogP contribution in [0.15, 0.2) is 70.2 Å². The predicted molar refractivity (Wildman–Crippen MR) is 128 cm³/mol. The molecule has 1 unspecified atom stereocenters. The third kappa shape index (κ3) is 4.21. The Bertz CT molecular complexity index is 1520. The molecule has 0 N–H and O–H groups in total. The van der Waals surface area contributed by atoms with Crippen molar-refractivity contribution in [3.63, 3.8) is 0 Å². The first kappa shape index (κ1) is 22.2. The summed E-state index contributed by atoms with van der Waals surface area (Å²) in [5.41, 5.74) is 0.613. The average Bonchev–Trinajstić information content (AvgIpc) is 3.32. The lowest BCUT2D eigenvalue weighted by atomic mass is 9.81. The van der Waals surface area contributed by atoms with Crippen molar-refractivity contribution in [3.8, 4) is 0 Å². The second-order valence-corrected chi connectivity index (χ2v) is 8.33. The van der Waals surface area contributed by atoms with Crippen molar-refractivity contribution >= 4 is 44.8 Å². The number of non-ortho nitro benzene ring substituents is 1. The molecule has 35 heavy (non-hydrogen) atoms. The van der Waals surface area contributed by atoms with Crippen molar-refractivity contribution in [3.05, 3.63) is 92.2 Å². The van der Waals surface area contributed by atoms with Gasteiger partial charge in [0.1, 0.15) is 5.58 Å². The van der Waals surface area contributed by atoms with E-state index < -0.39 is 21.7 Å². The molecule has 1 heterocycles. The second-order valence-electron chi connectivity index (χ2n) is 8.33. The first-order valence-electron chi connectivity index (χ1n) is 11.0. The van der Waals surface area contributed by atoms with Gasteiger partial charge in [0, 0.05) is 29.0 Å². The van der Waals surface area contributed by atoms with E-state index in [1.807, 2.05) is 30.3 Å². The van der Waals surface area contributed by atoms with Crippen molar-refractivity contribution in [2.24, 2.45) is 5.16 Å². The fourth-order valence-corrected chi connectivity index (χ4v) is 4.58. The van der Waals surface area contributed by atoms with E-state index in [1.165, 1.54) is 12.1 Å². The molecule has 3 aromatic carbocycles. The zero-order chi connectivity index (χ0) is 24.5. The van der Waals surface area contributed by atoms with Gasteiger partial charge >= 0.3 is 5.97 Å². The van der Waals surface area contributed by atoms with E-state index in [0.717, 1.165) is 35.1 Å². The number of oxime groups is 1. The lowest BCUT2D eigenvalue weighted by Gasteiger charge is -2.23. The largest absolute Gasteiger partial charge is 0.449 e. The van der Waals surface area contributed by atoms with Gasteiger partial charge in [-0.2, -0.15) is 0 Å². The van der Waals surface area contributed by atoms with Crippen molar-refractivity contribution < 1.29 is 23.9 Å². The zero-order valence-electron chi connectivity index (χ0n) is 18.4. The molecule has 0 bridgehead atoms. The van der Waals surface area contributed by atoms with Crippen molar-refractivity contribution in [1.82, 2.24) is 0 Å². The Morgan fingerprint density at radius 3 is 2.60 bits per heavy atom. The smallest absolute Gasteiger partial charge is 0.400 e. The molecule has 0 amide bonds. The zero-order valence-corrected chi connectivity index (χ0v) is 18.4. The van der Waals surface area contributed by atoms with Crippen LogP contribution in [0.2, 0.25) is 0 Å². The Morgan fingerprint density at radius 2 is 1.80 bits per heavy atom. The summed E-state index contributed by atoms with van der Waals surface area (Å²) in [5.74, 6) is -1.27. The highest BCUT2D eigenvalue weighted by atomic mass is 16.7. The van der Waals surface area contributed by atoms with Crippen molar-refractivity contribution in [1.29, 1.82) is 0 Å². The van der Waals surface area contributed by atoms with Crippen LogP contribution in [-0.4, -0.2) is 21.5 Å². The Kier molecular flexibility index (Phi) is 5.69. The maximum Gasteiger partial charge on any atom is 0.400 e. The molecule has 0 spiro atoms. The van der Waals surface area contributed by atoms with Crippen LogP contribution in [0.1, 0.15) is 47.7 Å². The third-order valence-corrected chi connectivity index (χ3v) is 6.25. The van der Waals surface area contributed by atoms with Crippen LogP contribution in [-0.2, 0) is 4.84 Å². The average molecular weight is 473 g/mol. The van der Waals surface area contributed by atoms with Gasteiger partial charge in [0.15, 0.2) is 0 Å². The van der Waals surface area contributed by atoms with Crippen LogP contribution in [0, 0.1) is 20.2 Å². The number of carbonyl (C=O) groups excluding carboxylic acids is 1. The molecular formula is C25H19N3O7. The summed E-state index contributed by atoms with van der Waals surface area (Å²) in [5, 5.41) is 29.5. The SMILES string of the molecule is O=C(ON=C1CCCCC1c1ccc([N+](=O)[O-])cc1[N+](=O)[O-])c1cc2c(ccc3ccccc32)o1. The number of hydrogen-bond donors (Lipinski definition) is 0. The van der Waals surface area contributed by atoms with Gasteiger partial charge in [-0.3, -0.25) is 20.2 Å². The van der Waals surface area contributed by atoms with Crippen LogP contribution in [0.3, 0.4) is 0 Å². The van der Waals surface area contributed by atoms with Crippen molar-refractivity contribution in [2.45, 2.75) is 31.6 Å². The highest BCUT2D eigenvalue weighted by Crippen LogP contribution is 2.38. The van der Waals surface area contributed by atoms with E-state index in [4.69, 9.17) is 9.25 Å².